The average Bonchev–Trinajstić information content (AvgIpc) is 2.81. The number of rotatable bonds is 4. The normalized spacial score (nSPS) is 25.3. The maximum atomic E-state index is 13.8. The van der Waals surface area contributed by atoms with Crippen molar-refractivity contribution in [2.24, 2.45) is 17.6 Å². The fourth-order valence-electron chi connectivity index (χ4n) is 2.98. The van der Waals surface area contributed by atoms with Crippen LogP contribution >= 0.6 is 15.9 Å². The monoisotopic (exact) mass is 313 g/mol. The van der Waals surface area contributed by atoms with Gasteiger partial charge in [-0.3, -0.25) is 0 Å². The lowest BCUT2D eigenvalue weighted by Crippen LogP contribution is -2.31. The standard InChI is InChI=1S/C15H21BrFN/c1-2-10-3-4-12(7-10)15(18)8-11-5-6-13(16)9-14(11)17/h5-6,9-10,12,15H,2-4,7-8,18H2,1H3. The van der Waals surface area contributed by atoms with E-state index in [0.717, 1.165) is 16.0 Å². The number of hydrogen-bond donors (Lipinski definition) is 1. The number of benzene rings is 1. The van der Waals surface area contributed by atoms with Crippen LogP contribution in [0.5, 0.6) is 0 Å². The fourth-order valence-corrected chi connectivity index (χ4v) is 3.31. The zero-order chi connectivity index (χ0) is 13.1. The molecule has 1 aromatic rings. The summed E-state index contributed by atoms with van der Waals surface area (Å²) in [7, 11) is 0. The number of nitrogens with two attached hydrogens (primary N) is 1. The van der Waals surface area contributed by atoms with Crippen LogP contribution in [0.2, 0.25) is 0 Å². The Morgan fingerprint density at radius 2 is 2.22 bits per heavy atom. The van der Waals surface area contributed by atoms with Gasteiger partial charge >= 0.3 is 0 Å². The van der Waals surface area contributed by atoms with Gasteiger partial charge in [0.25, 0.3) is 0 Å². The molecule has 0 spiro atoms. The van der Waals surface area contributed by atoms with E-state index in [1.807, 2.05) is 12.1 Å². The Morgan fingerprint density at radius 3 is 2.83 bits per heavy atom. The molecule has 1 fully saturated rings. The van der Waals surface area contributed by atoms with Crippen LogP contribution in [0.3, 0.4) is 0 Å². The summed E-state index contributed by atoms with van der Waals surface area (Å²) >= 11 is 3.27. The van der Waals surface area contributed by atoms with Gasteiger partial charge in [-0.05, 0) is 48.8 Å². The Kier molecular flexibility index (Phi) is 4.79. The molecule has 0 bridgehead atoms. The Bertz CT molecular complexity index is 407. The molecule has 0 saturated heterocycles. The molecular formula is C15H21BrFN. The van der Waals surface area contributed by atoms with Crippen molar-refractivity contribution < 1.29 is 4.39 Å². The first-order chi connectivity index (χ1) is 8.60. The molecule has 0 amide bonds. The van der Waals surface area contributed by atoms with E-state index in [9.17, 15) is 4.39 Å². The molecule has 1 aliphatic carbocycles. The minimum Gasteiger partial charge on any atom is -0.327 e. The van der Waals surface area contributed by atoms with Crippen LogP contribution < -0.4 is 5.73 Å². The van der Waals surface area contributed by atoms with Crippen molar-refractivity contribution in [3.63, 3.8) is 0 Å². The van der Waals surface area contributed by atoms with Crippen molar-refractivity contribution in [2.45, 2.75) is 45.1 Å². The minimum absolute atomic E-state index is 0.0947. The van der Waals surface area contributed by atoms with E-state index >= 15 is 0 Å². The lowest BCUT2D eigenvalue weighted by molar-refractivity contribution is 0.401. The van der Waals surface area contributed by atoms with Crippen molar-refractivity contribution in [2.75, 3.05) is 0 Å². The molecule has 2 rings (SSSR count). The first kappa shape index (κ1) is 14.0. The van der Waals surface area contributed by atoms with E-state index in [1.54, 1.807) is 0 Å². The van der Waals surface area contributed by atoms with Crippen molar-refractivity contribution in [3.05, 3.63) is 34.1 Å². The van der Waals surface area contributed by atoms with Crippen LogP contribution in [-0.2, 0) is 6.42 Å². The van der Waals surface area contributed by atoms with Gasteiger partial charge in [0.1, 0.15) is 5.82 Å². The van der Waals surface area contributed by atoms with Crippen LogP contribution in [0.1, 0.15) is 38.2 Å². The lowest BCUT2D eigenvalue weighted by atomic mass is 9.91. The SMILES string of the molecule is CCC1CCC(C(N)Cc2ccc(Br)cc2F)C1. The second-order valence-corrected chi connectivity index (χ2v) is 6.37. The van der Waals surface area contributed by atoms with Gasteiger partial charge in [-0.15, -0.1) is 0 Å². The van der Waals surface area contributed by atoms with E-state index < -0.39 is 0 Å². The van der Waals surface area contributed by atoms with Crippen molar-refractivity contribution in [3.8, 4) is 0 Å². The Hall–Kier alpha value is -0.410. The maximum Gasteiger partial charge on any atom is 0.127 e. The largest absolute Gasteiger partial charge is 0.327 e. The van der Waals surface area contributed by atoms with E-state index in [-0.39, 0.29) is 11.9 Å². The van der Waals surface area contributed by atoms with E-state index in [4.69, 9.17) is 5.73 Å². The molecule has 0 aliphatic heterocycles. The molecule has 0 radical (unpaired) electrons. The quantitative estimate of drug-likeness (QED) is 0.882. The molecule has 100 valence electrons. The van der Waals surface area contributed by atoms with E-state index in [2.05, 4.69) is 22.9 Å². The molecule has 3 heteroatoms. The summed E-state index contributed by atoms with van der Waals surface area (Å²) in [4.78, 5) is 0. The van der Waals surface area contributed by atoms with Gasteiger partial charge in [-0.2, -0.15) is 0 Å². The van der Waals surface area contributed by atoms with E-state index in [0.29, 0.717) is 12.3 Å². The highest BCUT2D eigenvalue weighted by atomic mass is 79.9. The van der Waals surface area contributed by atoms with Crippen molar-refractivity contribution in [1.29, 1.82) is 0 Å². The second kappa shape index (κ2) is 6.16. The second-order valence-electron chi connectivity index (χ2n) is 5.45. The molecule has 0 heterocycles. The molecule has 2 N–H and O–H groups in total. The summed E-state index contributed by atoms with van der Waals surface area (Å²) in [6.45, 7) is 2.24. The Balaban J connectivity index is 1.97. The Labute approximate surface area is 117 Å². The van der Waals surface area contributed by atoms with Gasteiger partial charge in [0.2, 0.25) is 0 Å². The third-order valence-electron chi connectivity index (χ3n) is 4.24. The predicted octanol–water partition coefficient (Wildman–Crippen LogP) is 4.28. The smallest absolute Gasteiger partial charge is 0.127 e. The van der Waals surface area contributed by atoms with E-state index in [1.165, 1.54) is 31.7 Å². The van der Waals surface area contributed by atoms with Crippen LogP contribution in [0, 0.1) is 17.7 Å². The van der Waals surface area contributed by atoms with Crippen LogP contribution in [-0.4, -0.2) is 6.04 Å². The van der Waals surface area contributed by atoms with Crippen molar-refractivity contribution in [1.82, 2.24) is 0 Å². The molecular weight excluding hydrogens is 293 g/mol. The lowest BCUT2D eigenvalue weighted by Gasteiger charge is -2.19. The summed E-state index contributed by atoms with van der Waals surface area (Å²) < 4.78 is 14.5. The summed E-state index contributed by atoms with van der Waals surface area (Å²) in [6, 6.07) is 5.34. The third-order valence-corrected chi connectivity index (χ3v) is 4.73. The number of hydrogen-bond acceptors (Lipinski definition) is 1. The zero-order valence-corrected chi connectivity index (χ0v) is 12.4. The maximum absolute atomic E-state index is 13.8. The predicted molar refractivity (Wildman–Crippen MR) is 76.9 cm³/mol. The van der Waals surface area contributed by atoms with Gasteiger partial charge < -0.3 is 5.73 Å². The molecule has 3 unspecified atom stereocenters. The average molecular weight is 314 g/mol. The van der Waals surface area contributed by atoms with Crippen molar-refractivity contribution >= 4 is 15.9 Å². The Morgan fingerprint density at radius 1 is 1.44 bits per heavy atom. The molecule has 3 atom stereocenters. The van der Waals surface area contributed by atoms with Crippen LogP contribution in [0.25, 0.3) is 0 Å². The molecule has 0 aromatic heterocycles. The highest BCUT2D eigenvalue weighted by molar-refractivity contribution is 9.10. The number of halogens is 2. The minimum atomic E-state index is -0.148. The summed E-state index contributed by atoms with van der Waals surface area (Å²) in [5, 5.41) is 0. The first-order valence-corrected chi connectivity index (χ1v) is 7.59. The van der Waals surface area contributed by atoms with Gasteiger partial charge in [0.05, 0.1) is 0 Å². The molecule has 1 aromatic carbocycles. The molecule has 1 aliphatic rings. The summed E-state index contributed by atoms with van der Waals surface area (Å²) in [5.74, 6) is 1.25. The summed E-state index contributed by atoms with van der Waals surface area (Å²) in [6.07, 6.45) is 5.61. The molecule has 1 saturated carbocycles. The van der Waals surface area contributed by atoms with Crippen LogP contribution in [0.4, 0.5) is 4.39 Å². The fraction of sp³-hybridized carbons (Fsp3) is 0.600. The highest BCUT2D eigenvalue weighted by Crippen LogP contribution is 2.35. The van der Waals surface area contributed by atoms with Gasteiger partial charge in [-0.25, -0.2) is 4.39 Å². The summed E-state index contributed by atoms with van der Waals surface area (Å²) in [5.41, 5.74) is 7.00. The van der Waals surface area contributed by atoms with Gasteiger partial charge in [-0.1, -0.05) is 41.8 Å². The topological polar surface area (TPSA) is 26.0 Å². The van der Waals surface area contributed by atoms with Crippen LogP contribution in [0.15, 0.2) is 22.7 Å². The molecule has 18 heavy (non-hydrogen) atoms. The highest BCUT2D eigenvalue weighted by Gasteiger charge is 2.28. The first-order valence-electron chi connectivity index (χ1n) is 6.79. The zero-order valence-electron chi connectivity index (χ0n) is 10.8. The van der Waals surface area contributed by atoms with Gasteiger partial charge in [0.15, 0.2) is 0 Å². The van der Waals surface area contributed by atoms with Gasteiger partial charge in [0, 0.05) is 10.5 Å². The third kappa shape index (κ3) is 3.33. The molecule has 1 nitrogen and oxygen atoms in total.